The minimum Gasteiger partial charge on any atom is -0.468 e. The van der Waals surface area contributed by atoms with Crippen LogP contribution in [0.5, 0.6) is 0 Å². The SMILES string of the molecule is COC(=O)C(CN1CCN(C)CC1)c1ccc(C)o1. The largest absolute Gasteiger partial charge is 0.468 e. The first-order valence-corrected chi connectivity index (χ1v) is 6.65. The van der Waals surface area contributed by atoms with Crippen molar-refractivity contribution >= 4 is 5.97 Å². The quantitative estimate of drug-likeness (QED) is 0.763. The third-order valence-corrected chi connectivity index (χ3v) is 3.63. The molecule has 0 N–H and O–H groups in total. The molecule has 0 spiro atoms. The molecule has 2 rings (SSSR count). The molecule has 0 aromatic carbocycles. The number of furan rings is 1. The Hall–Kier alpha value is -1.33. The van der Waals surface area contributed by atoms with E-state index in [1.54, 1.807) is 0 Å². The summed E-state index contributed by atoms with van der Waals surface area (Å²) in [5.41, 5.74) is 0. The van der Waals surface area contributed by atoms with Crippen LogP contribution in [0.3, 0.4) is 0 Å². The van der Waals surface area contributed by atoms with E-state index >= 15 is 0 Å². The number of piperazine rings is 1. The maximum atomic E-state index is 11.9. The molecule has 1 saturated heterocycles. The van der Waals surface area contributed by atoms with Gasteiger partial charge in [-0.1, -0.05) is 0 Å². The molecule has 2 heterocycles. The van der Waals surface area contributed by atoms with Gasteiger partial charge in [0.1, 0.15) is 17.4 Å². The highest BCUT2D eigenvalue weighted by molar-refractivity contribution is 5.77. The van der Waals surface area contributed by atoms with E-state index in [1.165, 1.54) is 7.11 Å². The number of likely N-dealkylation sites (N-methyl/N-ethyl adjacent to an activating group) is 1. The van der Waals surface area contributed by atoms with E-state index in [0.29, 0.717) is 12.3 Å². The molecule has 1 fully saturated rings. The predicted molar refractivity (Wildman–Crippen MR) is 72.1 cm³/mol. The second kappa shape index (κ2) is 6.21. The zero-order valence-corrected chi connectivity index (χ0v) is 11.9. The number of aryl methyl sites for hydroxylation is 1. The van der Waals surface area contributed by atoms with Gasteiger partial charge in [0.15, 0.2) is 0 Å². The first-order chi connectivity index (χ1) is 9.10. The molecule has 5 nitrogen and oxygen atoms in total. The second-order valence-electron chi connectivity index (χ2n) is 5.13. The number of rotatable bonds is 4. The minimum absolute atomic E-state index is 0.228. The first kappa shape index (κ1) is 14.1. The van der Waals surface area contributed by atoms with Crippen molar-refractivity contribution in [3.8, 4) is 0 Å². The Bertz CT molecular complexity index is 422. The summed E-state index contributed by atoms with van der Waals surface area (Å²) in [6.07, 6.45) is 0. The first-order valence-electron chi connectivity index (χ1n) is 6.65. The molecule has 1 aliphatic rings. The van der Waals surface area contributed by atoms with E-state index in [9.17, 15) is 4.79 Å². The van der Waals surface area contributed by atoms with Crippen LogP contribution in [0.15, 0.2) is 16.5 Å². The monoisotopic (exact) mass is 266 g/mol. The fourth-order valence-electron chi connectivity index (χ4n) is 2.35. The summed E-state index contributed by atoms with van der Waals surface area (Å²) < 4.78 is 10.5. The Kier molecular flexibility index (Phi) is 4.61. The Balaban J connectivity index is 2.04. The lowest BCUT2D eigenvalue weighted by Crippen LogP contribution is -2.46. The number of methoxy groups -OCH3 is 1. The summed E-state index contributed by atoms with van der Waals surface area (Å²) in [4.78, 5) is 16.5. The van der Waals surface area contributed by atoms with Gasteiger partial charge in [-0.2, -0.15) is 0 Å². The van der Waals surface area contributed by atoms with Crippen LogP contribution in [0.2, 0.25) is 0 Å². The predicted octanol–water partition coefficient (Wildman–Crippen LogP) is 1.09. The molecular weight excluding hydrogens is 244 g/mol. The maximum Gasteiger partial charge on any atom is 0.317 e. The van der Waals surface area contributed by atoms with Crippen molar-refractivity contribution in [1.82, 2.24) is 9.80 Å². The van der Waals surface area contributed by atoms with Crippen LogP contribution in [0.25, 0.3) is 0 Å². The molecule has 1 unspecified atom stereocenters. The molecule has 1 aromatic heterocycles. The highest BCUT2D eigenvalue weighted by Crippen LogP contribution is 2.22. The van der Waals surface area contributed by atoms with Crippen molar-refractivity contribution in [1.29, 1.82) is 0 Å². The van der Waals surface area contributed by atoms with Crippen LogP contribution in [0, 0.1) is 6.92 Å². The van der Waals surface area contributed by atoms with Crippen molar-refractivity contribution in [2.45, 2.75) is 12.8 Å². The van der Waals surface area contributed by atoms with Gasteiger partial charge in [0.2, 0.25) is 0 Å². The maximum absolute atomic E-state index is 11.9. The third-order valence-electron chi connectivity index (χ3n) is 3.63. The molecule has 0 bridgehead atoms. The number of nitrogens with zero attached hydrogens (tertiary/aromatic N) is 2. The Morgan fingerprint density at radius 3 is 2.58 bits per heavy atom. The van der Waals surface area contributed by atoms with E-state index in [2.05, 4.69) is 16.8 Å². The zero-order chi connectivity index (χ0) is 13.8. The molecule has 106 valence electrons. The summed E-state index contributed by atoms with van der Waals surface area (Å²) in [5, 5.41) is 0. The van der Waals surface area contributed by atoms with Crippen molar-refractivity contribution in [3.63, 3.8) is 0 Å². The van der Waals surface area contributed by atoms with Gasteiger partial charge in [0, 0.05) is 32.7 Å². The van der Waals surface area contributed by atoms with Gasteiger partial charge in [0.05, 0.1) is 7.11 Å². The second-order valence-corrected chi connectivity index (χ2v) is 5.13. The van der Waals surface area contributed by atoms with E-state index < -0.39 is 0 Å². The Labute approximate surface area is 114 Å². The number of carbonyl (C=O) groups is 1. The number of carbonyl (C=O) groups excluding carboxylic acids is 1. The van der Waals surface area contributed by atoms with Gasteiger partial charge in [-0.15, -0.1) is 0 Å². The highest BCUT2D eigenvalue weighted by atomic mass is 16.5. The highest BCUT2D eigenvalue weighted by Gasteiger charge is 2.28. The van der Waals surface area contributed by atoms with Crippen molar-refractivity contribution in [3.05, 3.63) is 23.7 Å². The van der Waals surface area contributed by atoms with E-state index in [-0.39, 0.29) is 11.9 Å². The zero-order valence-electron chi connectivity index (χ0n) is 11.9. The summed E-state index contributed by atoms with van der Waals surface area (Å²) in [6.45, 7) is 6.56. The van der Waals surface area contributed by atoms with Crippen molar-refractivity contribution in [2.24, 2.45) is 0 Å². The van der Waals surface area contributed by atoms with Gasteiger partial charge in [-0.3, -0.25) is 9.69 Å². The molecule has 0 aliphatic carbocycles. The smallest absolute Gasteiger partial charge is 0.317 e. The number of hydrogen-bond donors (Lipinski definition) is 0. The molecule has 1 aromatic rings. The lowest BCUT2D eigenvalue weighted by Gasteiger charge is -2.33. The van der Waals surface area contributed by atoms with Gasteiger partial charge < -0.3 is 14.1 Å². The lowest BCUT2D eigenvalue weighted by molar-refractivity contribution is -0.143. The molecule has 1 aliphatic heterocycles. The number of esters is 1. The summed E-state index contributed by atoms with van der Waals surface area (Å²) in [7, 11) is 3.54. The van der Waals surface area contributed by atoms with Gasteiger partial charge in [-0.05, 0) is 26.1 Å². The standard InChI is InChI=1S/C14H22N2O3/c1-11-4-5-13(19-11)12(14(17)18-3)10-16-8-6-15(2)7-9-16/h4-5,12H,6-10H2,1-3H3. The topological polar surface area (TPSA) is 45.9 Å². The summed E-state index contributed by atoms with van der Waals surface area (Å²) in [6, 6.07) is 3.75. The average molecular weight is 266 g/mol. The summed E-state index contributed by atoms with van der Waals surface area (Å²) >= 11 is 0. The number of ether oxygens (including phenoxy) is 1. The van der Waals surface area contributed by atoms with Crippen LogP contribution >= 0.6 is 0 Å². The molecule has 0 amide bonds. The van der Waals surface area contributed by atoms with Crippen LogP contribution in [-0.4, -0.2) is 62.7 Å². The fourth-order valence-corrected chi connectivity index (χ4v) is 2.35. The molecule has 19 heavy (non-hydrogen) atoms. The van der Waals surface area contributed by atoms with Crippen LogP contribution in [0.4, 0.5) is 0 Å². The van der Waals surface area contributed by atoms with Crippen LogP contribution in [0.1, 0.15) is 17.4 Å². The summed E-state index contributed by atoms with van der Waals surface area (Å²) in [5.74, 6) is 0.959. The van der Waals surface area contributed by atoms with E-state index in [1.807, 2.05) is 19.1 Å². The van der Waals surface area contributed by atoms with Crippen LogP contribution in [-0.2, 0) is 9.53 Å². The van der Waals surface area contributed by atoms with Crippen LogP contribution < -0.4 is 0 Å². The minimum atomic E-state index is -0.331. The molecule has 0 saturated carbocycles. The molecule has 0 radical (unpaired) electrons. The third kappa shape index (κ3) is 3.58. The van der Waals surface area contributed by atoms with Gasteiger partial charge in [-0.25, -0.2) is 0 Å². The van der Waals surface area contributed by atoms with E-state index in [4.69, 9.17) is 9.15 Å². The van der Waals surface area contributed by atoms with Gasteiger partial charge in [0.25, 0.3) is 0 Å². The van der Waals surface area contributed by atoms with Crippen molar-refractivity contribution in [2.75, 3.05) is 46.9 Å². The van der Waals surface area contributed by atoms with E-state index in [0.717, 1.165) is 31.9 Å². The fraction of sp³-hybridized carbons (Fsp3) is 0.643. The lowest BCUT2D eigenvalue weighted by atomic mass is 10.1. The average Bonchev–Trinajstić information content (AvgIpc) is 2.83. The molecule has 5 heteroatoms. The molecular formula is C14H22N2O3. The Morgan fingerprint density at radius 1 is 1.37 bits per heavy atom. The number of hydrogen-bond acceptors (Lipinski definition) is 5. The van der Waals surface area contributed by atoms with Crippen molar-refractivity contribution < 1.29 is 13.9 Å². The van der Waals surface area contributed by atoms with Gasteiger partial charge >= 0.3 is 5.97 Å². The molecule has 1 atom stereocenters. The normalized spacial score (nSPS) is 19.3. The Morgan fingerprint density at radius 2 is 2.05 bits per heavy atom.